The monoisotopic (exact) mass is 433 g/mol. The SMILES string of the molecule is O=C(CCCCCCCC(=O)NC1CC1)NCc1cn(-c2cccc3ccccc23)nn1. The Morgan fingerprint density at radius 3 is 2.44 bits per heavy atom. The molecular weight excluding hydrogens is 402 g/mol. The van der Waals surface area contributed by atoms with Crippen LogP contribution in [0.3, 0.4) is 0 Å². The molecule has 0 bridgehead atoms. The number of carbonyl (C=O) groups excluding carboxylic acids is 2. The molecule has 0 spiro atoms. The first-order valence-electron chi connectivity index (χ1n) is 11.6. The van der Waals surface area contributed by atoms with E-state index in [9.17, 15) is 9.59 Å². The zero-order valence-corrected chi connectivity index (χ0v) is 18.4. The normalized spacial score (nSPS) is 13.2. The van der Waals surface area contributed by atoms with Crippen molar-refractivity contribution in [1.82, 2.24) is 25.6 Å². The molecule has 2 aromatic carbocycles. The molecule has 0 saturated heterocycles. The minimum atomic E-state index is 0.0357. The molecule has 1 heterocycles. The van der Waals surface area contributed by atoms with E-state index in [4.69, 9.17) is 0 Å². The van der Waals surface area contributed by atoms with Crippen molar-refractivity contribution in [2.24, 2.45) is 0 Å². The van der Waals surface area contributed by atoms with E-state index in [1.165, 1.54) is 0 Å². The van der Waals surface area contributed by atoms with Gasteiger partial charge in [0.1, 0.15) is 5.69 Å². The minimum Gasteiger partial charge on any atom is -0.353 e. The largest absolute Gasteiger partial charge is 0.353 e. The summed E-state index contributed by atoms with van der Waals surface area (Å²) in [5.41, 5.74) is 1.70. The van der Waals surface area contributed by atoms with Gasteiger partial charge in [-0.2, -0.15) is 0 Å². The average Bonchev–Trinajstić information content (AvgIpc) is 3.49. The lowest BCUT2D eigenvalue weighted by Gasteiger charge is -2.05. The van der Waals surface area contributed by atoms with Crippen LogP contribution in [0, 0.1) is 0 Å². The highest BCUT2D eigenvalue weighted by Crippen LogP contribution is 2.21. The van der Waals surface area contributed by atoms with E-state index in [0.29, 0.717) is 25.4 Å². The topological polar surface area (TPSA) is 88.9 Å². The van der Waals surface area contributed by atoms with Gasteiger partial charge in [-0.15, -0.1) is 5.10 Å². The predicted molar refractivity (Wildman–Crippen MR) is 124 cm³/mol. The standard InChI is InChI=1S/C25H31N5O2/c31-24(13-4-2-1-3-5-14-25(32)27-20-15-16-20)26-17-21-18-30(29-28-21)23-12-8-10-19-9-6-7-11-22(19)23/h6-12,18,20H,1-5,13-17H2,(H,26,31)(H,27,32). The third-order valence-electron chi connectivity index (χ3n) is 5.77. The molecule has 0 atom stereocenters. The lowest BCUT2D eigenvalue weighted by molar-refractivity contribution is -0.122. The Balaban J connectivity index is 1.12. The van der Waals surface area contributed by atoms with Crippen LogP contribution in [-0.2, 0) is 16.1 Å². The van der Waals surface area contributed by atoms with Crippen molar-refractivity contribution in [2.75, 3.05) is 0 Å². The van der Waals surface area contributed by atoms with Gasteiger partial charge >= 0.3 is 0 Å². The molecule has 168 valence electrons. The van der Waals surface area contributed by atoms with Gasteiger partial charge in [0.25, 0.3) is 0 Å². The lowest BCUT2D eigenvalue weighted by Crippen LogP contribution is -2.24. The molecular formula is C25H31N5O2. The summed E-state index contributed by atoms with van der Waals surface area (Å²) in [6, 6.07) is 14.7. The molecule has 0 unspecified atom stereocenters. The zero-order valence-electron chi connectivity index (χ0n) is 18.4. The first-order chi connectivity index (χ1) is 15.7. The molecule has 2 N–H and O–H groups in total. The minimum absolute atomic E-state index is 0.0357. The second-order valence-corrected chi connectivity index (χ2v) is 8.54. The number of nitrogens with one attached hydrogen (secondary N) is 2. The third-order valence-corrected chi connectivity index (χ3v) is 5.77. The average molecular weight is 434 g/mol. The summed E-state index contributed by atoms with van der Waals surface area (Å²) in [7, 11) is 0. The Hall–Kier alpha value is -3.22. The summed E-state index contributed by atoms with van der Waals surface area (Å²) in [4.78, 5) is 23.8. The van der Waals surface area contributed by atoms with Crippen LogP contribution in [0.1, 0.15) is 63.5 Å². The quantitative estimate of drug-likeness (QED) is 0.422. The molecule has 3 aromatic rings. The maximum atomic E-state index is 12.1. The molecule has 1 saturated carbocycles. The highest BCUT2D eigenvalue weighted by atomic mass is 16.2. The van der Waals surface area contributed by atoms with E-state index >= 15 is 0 Å². The third kappa shape index (κ3) is 6.39. The van der Waals surface area contributed by atoms with E-state index in [2.05, 4.69) is 39.1 Å². The smallest absolute Gasteiger partial charge is 0.220 e. The number of aromatic nitrogens is 3. The highest BCUT2D eigenvalue weighted by molar-refractivity contribution is 5.89. The van der Waals surface area contributed by atoms with Crippen LogP contribution >= 0.6 is 0 Å². The number of benzene rings is 2. The number of fused-ring (bicyclic) bond motifs is 1. The van der Waals surface area contributed by atoms with Crippen molar-refractivity contribution in [3.8, 4) is 5.69 Å². The molecule has 4 rings (SSSR count). The number of carbonyl (C=O) groups is 2. The Bertz CT molecular complexity index is 1050. The van der Waals surface area contributed by atoms with E-state index in [1.54, 1.807) is 4.68 Å². The van der Waals surface area contributed by atoms with Crippen LogP contribution in [-0.4, -0.2) is 32.9 Å². The van der Waals surface area contributed by atoms with E-state index in [-0.39, 0.29) is 11.8 Å². The predicted octanol–water partition coefficient (Wildman–Crippen LogP) is 4.05. The second-order valence-electron chi connectivity index (χ2n) is 8.54. The molecule has 7 heteroatoms. The molecule has 1 aromatic heterocycles. The maximum Gasteiger partial charge on any atom is 0.220 e. The Morgan fingerprint density at radius 2 is 1.62 bits per heavy atom. The maximum absolute atomic E-state index is 12.1. The van der Waals surface area contributed by atoms with E-state index < -0.39 is 0 Å². The van der Waals surface area contributed by atoms with Crippen molar-refractivity contribution in [3.63, 3.8) is 0 Å². The summed E-state index contributed by atoms with van der Waals surface area (Å²) in [5, 5.41) is 16.6. The Morgan fingerprint density at radius 1 is 0.906 bits per heavy atom. The highest BCUT2D eigenvalue weighted by Gasteiger charge is 2.22. The van der Waals surface area contributed by atoms with Crippen LogP contribution in [0.25, 0.3) is 16.5 Å². The summed E-state index contributed by atoms with van der Waals surface area (Å²) in [6.45, 7) is 0.375. The van der Waals surface area contributed by atoms with Gasteiger partial charge in [-0.25, -0.2) is 4.68 Å². The fraction of sp³-hybridized carbons (Fsp3) is 0.440. The molecule has 7 nitrogen and oxygen atoms in total. The summed E-state index contributed by atoms with van der Waals surface area (Å²) in [6.07, 6.45) is 10.2. The summed E-state index contributed by atoms with van der Waals surface area (Å²) >= 11 is 0. The van der Waals surface area contributed by atoms with Crippen molar-refractivity contribution in [3.05, 3.63) is 54.4 Å². The number of nitrogens with zero attached hydrogens (tertiary/aromatic N) is 3. The summed E-state index contributed by atoms with van der Waals surface area (Å²) < 4.78 is 1.76. The van der Waals surface area contributed by atoms with Crippen LogP contribution in [0.2, 0.25) is 0 Å². The second kappa shape index (κ2) is 10.9. The molecule has 0 aliphatic heterocycles. The number of rotatable bonds is 12. The molecule has 0 radical (unpaired) electrons. The number of hydrogen-bond donors (Lipinski definition) is 2. The number of unbranched alkanes of at least 4 members (excludes halogenated alkanes) is 4. The summed E-state index contributed by atoms with van der Waals surface area (Å²) in [5.74, 6) is 0.220. The fourth-order valence-electron chi connectivity index (χ4n) is 3.81. The van der Waals surface area contributed by atoms with Gasteiger partial charge in [-0.3, -0.25) is 9.59 Å². The van der Waals surface area contributed by atoms with Gasteiger partial charge < -0.3 is 10.6 Å². The van der Waals surface area contributed by atoms with Crippen LogP contribution in [0.15, 0.2) is 48.7 Å². The molecule has 32 heavy (non-hydrogen) atoms. The Kier molecular flexibility index (Phi) is 7.48. The van der Waals surface area contributed by atoms with Gasteiger partial charge in [-0.1, -0.05) is 60.9 Å². The first kappa shape index (κ1) is 22.0. The van der Waals surface area contributed by atoms with Crippen molar-refractivity contribution >= 4 is 22.6 Å². The number of hydrogen-bond acceptors (Lipinski definition) is 4. The Labute approximate surface area is 188 Å². The van der Waals surface area contributed by atoms with Gasteiger partial charge in [0, 0.05) is 24.3 Å². The van der Waals surface area contributed by atoms with Gasteiger partial charge in [-0.05, 0) is 37.1 Å². The van der Waals surface area contributed by atoms with Gasteiger partial charge in [0.05, 0.1) is 18.4 Å². The van der Waals surface area contributed by atoms with Gasteiger partial charge in [0.15, 0.2) is 0 Å². The van der Waals surface area contributed by atoms with Crippen molar-refractivity contribution < 1.29 is 9.59 Å². The first-order valence-corrected chi connectivity index (χ1v) is 11.6. The van der Waals surface area contributed by atoms with Crippen molar-refractivity contribution in [2.45, 2.75) is 70.4 Å². The number of amides is 2. The molecule has 2 amide bonds. The van der Waals surface area contributed by atoms with Crippen LogP contribution in [0.4, 0.5) is 0 Å². The van der Waals surface area contributed by atoms with Crippen molar-refractivity contribution in [1.29, 1.82) is 0 Å². The van der Waals surface area contributed by atoms with Crippen LogP contribution in [0.5, 0.6) is 0 Å². The van der Waals surface area contributed by atoms with E-state index in [0.717, 1.165) is 67.1 Å². The van der Waals surface area contributed by atoms with Gasteiger partial charge in [0.2, 0.25) is 11.8 Å². The fourth-order valence-corrected chi connectivity index (χ4v) is 3.81. The molecule has 1 aliphatic carbocycles. The van der Waals surface area contributed by atoms with E-state index in [1.807, 2.05) is 30.5 Å². The molecule has 1 aliphatic rings. The van der Waals surface area contributed by atoms with Crippen LogP contribution < -0.4 is 10.6 Å². The zero-order chi connectivity index (χ0) is 22.2. The lowest BCUT2D eigenvalue weighted by atomic mass is 10.1. The molecule has 1 fully saturated rings.